The van der Waals surface area contributed by atoms with Gasteiger partial charge in [0.25, 0.3) is 0 Å². The van der Waals surface area contributed by atoms with E-state index in [0.29, 0.717) is 12.2 Å². The zero-order chi connectivity index (χ0) is 23.9. The molecule has 0 amide bonds. The van der Waals surface area contributed by atoms with Crippen molar-refractivity contribution in [2.75, 3.05) is 6.61 Å². The van der Waals surface area contributed by atoms with Crippen molar-refractivity contribution < 1.29 is 9.53 Å². The first-order valence-electron chi connectivity index (χ1n) is 11.7. The van der Waals surface area contributed by atoms with Crippen LogP contribution >= 0.6 is 11.8 Å². The smallest absolute Gasteiger partial charge is 0.338 e. The molecule has 0 atom stereocenters. The molecule has 0 N–H and O–H groups in total. The number of benzene rings is 4. The maximum atomic E-state index is 12.0. The van der Waals surface area contributed by atoms with Crippen LogP contribution in [0.15, 0.2) is 89.8 Å². The van der Waals surface area contributed by atoms with E-state index >= 15 is 0 Å². The zero-order valence-electron chi connectivity index (χ0n) is 20.0. The Morgan fingerprint density at radius 1 is 0.824 bits per heavy atom. The SMILES string of the molecule is CCOC(=O)c1ccc(-c2ccc3cc4c(cc3c2)C(c2ccc(C)cc2)=CC(C)(C)S4)cc1. The molecule has 0 fully saturated rings. The predicted molar refractivity (Wildman–Crippen MR) is 144 cm³/mol. The van der Waals surface area contributed by atoms with Gasteiger partial charge in [-0.05, 0) is 96.6 Å². The molecule has 4 aromatic rings. The molecule has 0 saturated carbocycles. The molecule has 2 nitrogen and oxygen atoms in total. The van der Waals surface area contributed by atoms with Crippen molar-refractivity contribution >= 4 is 34.1 Å². The monoisotopic (exact) mass is 464 g/mol. The number of carbonyl (C=O) groups is 1. The maximum absolute atomic E-state index is 12.0. The van der Waals surface area contributed by atoms with Crippen LogP contribution in [-0.4, -0.2) is 17.3 Å². The molecule has 34 heavy (non-hydrogen) atoms. The van der Waals surface area contributed by atoms with Gasteiger partial charge in [-0.2, -0.15) is 0 Å². The molecule has 0 aromatic heterocycles. The average molecular weight is 465 g/mol. The third-order valence-electron chi connectivity index (χ3n) is 6.19. The second kappa shape index (κ2) is 8.81. The van der Waals surface area contributed by atoms with Gasteiger partial charge in [-0.1, -0.05) is 60.2 Å². The standard InChI is InChI=1S/C31H28O2S/c1-5-33-30(32)23-12-10-21(11-13-23)24-14-15-25-18-29-27(17-26(25)16-24)28(19-31(3,4)34-29)22-8-6-20(2)7-9-22/h6-19H,5H2,1-4H3. The Morgan fingerprint density at radius 3 is 2.21 bits per heavy atom. The molecule has 0 aliphatic carbocycles. The minimum absolute atomic E-state index is 0.0293. The van der Waals surface area contributed by atoms with E-state index in [1.165, 1.54) is 37.9 Å². The van der Waals surface area contributed by atoms with Gasteiger partial charge in [0.1, 0.15) is 0 Å². The Morgan fingerprint density at radius 2 is 1.50 bits per heavy atom. The van der Waals surface area contributed by atoms with Crippen LogP contribution in [0, 0.1) is 6.92 Å². The van der Waals surface area contributed by atoms with Gasteiger partial charge in [0.2, 0.25) is 0 Å². The van der Waals surface area contributed by atoms with Crippen molar-refractivity contribution in [3.05, 3.63) is 107 Å². The second-order valence-electron chi connectivity index (χ2n) is 9.34. The highest BCUT2D eigenvalue weighted by atomic mass is 32.2. The topological polar surface area (TPSA) is 26.3 Å². The fourth-order valence-corrected chi connectivity index (χ4v) is 5.68. The van der Waals surface area contributed by atoms with Gasteiger partial charge in [-0.15, -0.1) is 11.8 Å². The number of thioether (sulfide) groups is 1. The fraction of sp³-hybridized carbons (Fsp3) is 0.194. The van der Waals surface area contributed by atoms with Crippen LogP contribution in [0.4, 0.5) is 0 Å². The lowest BCUT2D eigenvalue weighted by Gasteiger charge is -2.30. The Bertz CT molecular complexity index is 1410. The Hall–Kier alpha value is -3.30. The van der Waals surface area contributed by atoms with Gasteiger partial charge in [0, 0.05) is 9.64 Å². The molecular formula is C31H28O2S. The number of carbonyl (C=O) groups excluding carboxylic acids is 1. The molecule has 1 aliphatic heterocycles. The molecule has 170 valence electrons. The van der Waals surface area contributed by atoms with Crippen molar-refractivity contribution in [2.45, 2.75) is 37.3 Å². The molecular weight excluding hydrogens is 436 g/mol. The summed E-state index contributed by atoms with van der Waals surface area (Å²) in [6.07, 6.45) is 2.40. The molecule has 4 aromatic carbocycles. The number of hydrogen-bond donors (Lipinski definition) is 0. The lowest BCUT2D eigenvalue weighted by atomic mass is 9.91. The van der Waals surface area contributed by atoms with Gasteiger partial charge < -0.3 is 4.74 Å². The van der Waals surface area contributed by atoms with Crippen LogP contribution in [0.2, 0.25) is 0 Å². The van der Waals surface area contributed by atoms with Crippen molar-refractivity contribution in [1.29, 1.82) is 0 Å². The van der Waals surface area contributed by atoms with Crippen LogP contribution in [0.5, 0.6) is 0 Å². The number of ether oxygens (including phenoxy) is 1. The summed E-state index contributed by atoms with van der Waals surface area (Å²) in [5, 5.41) is 2.45. The summed E-state index contributed by atoms with van der Waals surface area (Å²) in [5.74, 6) is -0.282. The molecule has 0 bridgehead atoms. The highest BCUT2D eigenvalue weighted by Gasteiger charge is 2.27. The lowest BCUT2D eigenvalue weighted by molar-refractivity contribution is 0.0526. The fourth-order valence-electron chi connectivity index (χ4n) is 4.47. The van der Waals surface area contributed by atoms with Crippen molar-refractivity contribution in [1.82, 2.24) is 0 Å². The first-order valence-corrected chi connectivity index (χ1v) is 12.5. The molecule has 0 unspecified atom stereocenters. The highest BCUT2D eigenvalue weighted by molar-refractivity contribution is 8.01. The quantitative estimate of drug-likeness (QED) is 0.284. The third kappa shape index (κ3) is 4.41. The van der Waals surface area contributed by atoms with E-state index in [1.54, 1.807) is 0 Å². The van der Waals surface area contributed by atoms with E-state index in [2.05, 4.69) is 81.4 Å². The van der Waals surface area contributed by atoms with E-state index < -0.39 is 0 Å². The molecule has 0 spiro atoms. The van der Waals surface area contributed by atoms with E-state index in [-0.39, 0.29) is 10.7 Å². The first kappa shape index (κ1) is 22.5. The Balaban J connectivity index is 1.57. The molecule has 5 rings (SSSR count). The lowest BCUT2D eigenvalue weighted by Crippen LogP contribution is -2.16. The van der Waals surface area contributed by atoms with Gasteiger partial charge >= 0.3 is 5.97 Å². The largest absolute Gasteiger partial charge is 0.462 e. The van der Waals surface area contributed by atoms with Gasteiger partial charge in [0.05, 0.1) is 12.2 Å². The average Bonchev–Trinajstić information content (AvgIpc) is 2.82. The third-order valence-corrected chi connectivity index (χ3v) is 7.39. The summed E-state index contributed by atoms with van der Waals surface area (Å²) >= 11 is 1.92. The van der Waals surface area contributed by atoms with Crippen LogP contribution in [0.1, 0.15) is 47.8 Å². The van der Waals surface area contributed by atoms with Crippen molar-refractivity contribution in [3.63, 3.8) is 0 Å². The Labute approximate surface area is 205 Å². The maximum Gasteiger partial charge on any atom is 0.338 e. The summed E-state index contributed by atoms with van der Waals surface area (Å²) < 4.78 is 5.13. The predicted octanol–water partition coefficient (Wildman–Crippen LogP) is 8.31. The van der Waals surface area contributed by atoms with Crippen molar-refractivity contribution in [3.8, 4) is 11.1 Å². The number of fused-ring (bicyclic) bond motifs is 2. The number of esters is 1. The van der Waals surface area contributed by atoms with Gasteiger partial charge in [0.15, 0.2) is 0 Å². The molecule has 1 aliphatic rings. The second-order valence-corrected chi connectivity index (χ2v) is 11.0. The summed E-state index contributed by atoms with van der Waals surface area (Å²) in [6.45, 7) is 8.88. The number of rotatable bonds is 4. The van der Waals surface area contributed by atoms with E-state index in [1.807, 2.05) is 43.0 Å². The van der Waals surface area contributed by atoms with Crippen molar-refractivity contribution in [2.24, 2.45) is 0 Å². The van der Waals surface area contributed by atoms with Gasteiger partial charge in [-0.25, -0.2) is 4.79 Å². The van der Waals surface area contributed by atoms with Crippen LogP contribution in [0.3, 0.4) is 0 Å². The van der Waals surface area contributed by atoms with Crippen LogP contribution in [-0.2, 0) is 4.74 Å². The summed E-state index contributed by atoms with van der Waals surface area (Å²) in [4.78, 5) is 13.3. The van der Waals surface area contributed by atoms with Crippen LogP contribution in [0.25, 0.3) is 27.5 Å². The minimum atomic E-state index is -0.282. The Kier molecular flexibility index (Phi) is 5.83. The minimum Gasteiger partial charge on any atom is -0.462 e. The zero-order valence-corrected chi connectivity index (χ0v) is 20.8. The highest BCUT2D eigenvalue weighted by Crippen LogP contribution is 2.47. The normalized spacial score (nSPS) is 14.4. The van der Waals surface area contributed by atoms with Gasteiger partial charge in [-0.3, -0.25) is 0 Å². The summed E-state index contributed by atoms with van der Waals surface area (Å²) in [5.41, 5.74) is 7.90. The molecule has 3 heteroatoms. The molecule has 0 radical (unpaired) electrons. The van der Waals surface area contributed by atoms with Crippen LogP contribution < -0.4 is 0 Å². The molecule has 0 saturated heterocycles. The summed E-state index contributed by atoms with van der Waals surface area (Å²) in [7, 11) is 0. The summed E-state index contributed by atoms with van der Waals surface area (Å²) in [6, 6.07) is 27.7. The number of hydrogen-bond acceptors (Lipinski definition) is 3. The van der Waals surface area contributed by atoms with E-state index in [0.717, 1.165) is 11.1 Å². The number of aryl methyl sites for hydroxylation is 1. The van der Waals surface area contributed by atoms with E-state index in [4.69, 9.17) is 4.74 Å². The molecule has 1 heterocycles. The first-order chi connectivity index (χ1) is 16.3. The van der Waals surface area contributed by atoms with E-state index in [9.17, 15) is 4.79 Å².